The summed E-state index contributed by atoms with van der Waals surface area (Å²) in [4.78, 5) is 17.6. The largest absolute Gasteiger partial charge is 0.480 e. The number of anilines is 1. The predicted octanol–water partition coefficient (Wildman–Crippen LogP) is 1.79. The lowest BCUT2D eigenvalue weighted by Crippen LogP contribution is -2.40. The van der Waals surface area contributed by atoms with Crippen molar-refractivity contribution in [1.82, 2.24) is 9.55 Å². The molecule has 1 aliphatic rings. The van der Waals surface area contributed by atoms with Gasteiger partial charge in [0, 0.05) is 24.6 Å². The molecule has 2 heterocycles. The van der Waals surface area contributed by atoms with E-state index in [2.05, 4.69) is 4.98 Å². The van der Waals surface area contributed by atoms with Gasteiger partial charge in [-0.3, -0.25) is 0 Å². The van der Waals surface area contributed by atoms with Gasteiger partial charge in [0.25, 0.3) is 0 Å². The Morgan fingerprint density at radius 3 is 2.74 bits per heavy atom. The lowest BCUT2D eigenvalue weighted by Gasteiger charge is -2.26. The topological polar surface area (TPSA) is 58.4 Å². The van der Waals surface area contributed by atoms with E-state index in [9.17, 15) is 9.90 Å². The van der Waals surface area contributed by atoms with E-state index in [-0.39, 0.29) is 6.04 Å². The average Bonchev–Trinajstić information content (AvgIpc) is 3.08. The van der Waals surface area contributed by atoms with Crippen LogP contribution in [0.15, 0.2) is 49.1 Å². The smallest absolute Gasteiger partial charge is 0.328 e. The summed E-state index contributed by atoms with van der Waals surface area (Å²) in [5, 5.41) is 9.54. The van der Waals surface area contributed by atoms with Crippen LogP contribution in [-0.4, -0.2) is 33.2 Å². The summed E-state index contributed by atoms with van der Waals surface area (Å²) in [6, 6.07) is 9.08. The quantitative estimate of drug-likeness (QED) is 0.910. The van der Waals surface area contributed by atoms with Crippen molar-refractivity contribution in [2.24, 2.45) is 0 Å². The molecule has 19 heavy (non-hydrogen) atoms. The molecule has 0 spiro atoms. The molecule has 1 fully saturated rings. The number of rotatable bonds is 3. The van der Waals surface area contributed by atoms with Crippen LogP contribution in [0, 0.1) is 0 Å². The van der Waals surface area contributed by atoms with Gasteiger partial charge in [-0.2, -0.15) is 0 Å². The zero-order valence-corrected chi connectivity index (χ0v) is 10.4. The van der Waals surface area contributed by atoms with E-state index >= 15 is 0 Å². The Morgan fingerprint density at radius 1 is 1.32 bits per heavy atom. The molecule has 1 N–H and O–H groups in total. The third-order valence-corrected chi connectivity index (χ3v) is 3.61. The highest BCUT2D eigenvalue weighted by atomic mass is 16.4. The van der Waals surface area contributed by atoms with E-state index < -0.39 is 12.0 Å². The molecule has 0 saturated carbocycles. The molecule has 2 aromatic rings. The lowest BCUT2D eigenvalue weighted by molar-refractivity contribution is -0.139. The summed E-state index contributed by atoms with van der Waals surface area (Å²) in [5.74, 6) is -0.792. The molecule has 1 aromatic carbocycles. The second-order valence-corrected chi connectivity index (χ2v) is 4.68. The zero-order chi connectivity index (χ0) is 13.2. The fourth-order valence-corrected chi connectivity index (χ4v) is 2.76. The van der Waals surface area contributed by atoms with Gasteiger partial charge in [0.15, 0.2) is 0 Å². The average molecular weight is 257 g/mol. The Morgan fingerprint density at radius 2 is 2.11 bits per heavy atom. The van der Waals surface area contributed by atoms with Crippen molar-refractivity contribution in [2.45, 2.75) is 18.5 Å². The van der Waals surface area contributed by atoms with Gasteiger partial charge < -0.3 is 14.6 Å². The molecule has 2 atom stereocenters. The number of aliphatic carboxylic acids is 1. The maximum atomic E-state index is 11.6. The molecule has 1 aromatic heterocycles. The summed E-state index contributed by atoms with van der Waals surface area (Å²) in [6.07, 6.45) is 6.01. The molecule has 0 aliphatic carbocycles. The van der Waals surface area contributed by atoms with E-state index in [1.54, 1.807) is 12.5 Å². The van der Waals surface area contributed by atoms with Crippen LogP contribution in [0.25, 0.3) is 0 Å². The van der Waals surface area contributed by atoms with E-state index in [0.717, 1.165) is 18.7 Å². The minimum atomic E-state index is -0.792. The highest BCUT2D eigenvalue weighted by Gasteiger charge is 2.40. The molecule has 0 radical (unpaired) electrons. The molecule has 0 bridgehead atoms. The summed E-state index contributed by atoms with van der Waals surface area (Å²) in [6.45, 7) is 0.740. The molecule has 1 aliphatic heterocycles. The molecule has 5 nitrogen and oxygen atoms in total. The van der Waals surface area contributed by atoms with E-state index in [4.69, 9.17) is 0 Å². The van der Waals surface area contributed by atoms with Gasteiger partial charge in [-0.25, -0.2) is 9.78 Å². The van der Waals surface area contributed by atoms with Gasteiger partial charge in [0.05, 0.1) is 12.4 Å². The number of benzene rings is 1. The Kier molecular flexibility index (Phi) is 2.95. The monoisotopic (exact) mass is 257 g/mol. The summed E-state index contributed by atoms with van der Waals surface area (Å²) in [5.41, 5.74) is 0.956. The Balaban J connectivity index is 1.93. The lowest BCUT2D eigenvalue weighted by atomic mass is 10.1. The van der Waals surface area contributed by atoms with Gasteiger partial charge in [-0.05, 0) is 18.6 Å². The number of carboxylic acid groups (broad SMARTS) is 1. The molecule has 5 heteroatoms. The van der Waals surface area contributed by atoms with Crippen molar-refractivity contribution < 1.29 is 9.90 Å². The maximum Gasteiger partial charge on any atom is 0.328 e. The van der Waals surface area contributed by atoms with Crippen LogP contribution in [0.3, 0.4) is 0 Å². The van der Waals surface area contributed by atoms with Crippen LogP contribution >= 0.6 is 0 Å². The van der Waals surface area contributed by atoms with Crippen molar-refractivity contribution >= 4 is 11.7 Å². The van der Waals surface area contributed by atoms with Crippen LogP contribution in [-0.2, 0) is 4.79 Å². The molecule has 3 rings (SSSR count). The summed E-state index contributed by atoms with van der Waals surface area (Å²) < 4.78 is 1.89. The number of hydrogen-bond donors (Lipinski definition) is 1. The van der Waals surface area contributed by atoms with Gasteiger partial charge >= 0.3 is 5.97 Å². The molecular formula is C14H15N3O2. The highest BCUT2D eigenvalue weighted by Crippen LogP contribution is 2.33. The van der Waals surface area contributed by atoms with Crippen LogP contribution in [0.5, 0.6) is 0 Å². The minimum absolute atomic E-state index is 0.0693. The number of para-hydroxylation sites is 1. The van der Waals surface area contributed by atoms with E-state index in [1.807, 2.05) is 46.0 Å². The molecule has 0 amide bonds. The summed E-state index contributed by atoms with van der Waals surface area (Å²) >= 11 is 0. The number of aromatic nitrogens is 2. The third kappa shape index (κ3) is 2.07. The zero-order valence-electron chi connectivity index (χ0n) is 10.4. The Bertz CT molecular complexity index is 553. The first-order chi connectivity index (χ1) is 9.27. The normalized spacial score (nSPS) is 22.6. The molecule has 1 saturated heterocycles. The predicted molar refractivity (Wildman–Crippen MR) is 71.1 cm³/mol. The second-order valence-electron chi connectivity index (χ2n) is 4.68. The Labute approximate surface area is 111 Å². The third-order valence-electron chi connectivity index (χ3n) is 3.61. The van der Waals surface area contributed by atoms with Gasteiger partial charge in [0.2, 0.25) is 0 Å². The van der Waals surface area contributed by atoms with Crippen LogP contribution in [0.2, 0.25) is 0 Å². The van der Waals surface area contributed by atoms with Crippen LogP contribution < -0.4 is 4.90 Å². The van der Waals surface area contributed by atoms with Gasteiger partial charge in [0.1, 0.15) is 6.04 Å². The molecule has 1 unspecified atom stereocenters. The first kappa shape index (κ1) is 11.8. The fraction of sp³-hybridized carbons (Fsp3) is 0.286. The summed E-state index contributed by atoms with van der Waals surface area (Å²) in [7, 11) is 0. The van der Waals surface area contributed by atoms with E-state index in [1.165, 1.54) is 0 Å². The SMILES string of the molecule is O=C(O)[C@@H]1C(n2ccnc2)CCN1c1ccccc1. The molecular weight excluding hydrogens is 242 g/mol. The number of imidazole rings is 1. The van der Waals surface area contributed by atoms with Gasteiger partial charge in [-0.1, -0.05) is 18.2 Å². The van der Waals surface area contributed by atoms with Crippen molar-refractivity contribution in [2.75, 3.05) is 11.4 Å². The highest BCUT2D eigenvalue weighted by molar-refractivity contribution is 5.80. The number of nitrogens with zero attached hydrogens (tertiary/aromatic N) is 3. The number of hydrogen-bond acceptors (Lipinski definition) is 3. The van der Waals surface area contributed by atoms with Crippen LogP contribution in [0.1, 0.15) is 12.5 Å². The first-order valence-corrected chi connectivity index (χ1v) is 6.29. The Hall–Kier alpha value is -2.30. The maximum absolute atomic E-state index is 11.6. The standard InChI is InChI=1S/C14H15N3O2/c18-14(19)13-12(16-9-7-15-10-16)6-8-17(13)11-4-2-1-3-5-11/h1-5,7,9-10,12-13H,6,8H2,(H,18,19)/t12?,13-/m0/s1. The van der Waals surface area contributed by atoms with Crippen molar-refractivity contribution in [1.29, 1.82) is 0 Å². The first-order valence-electron chi connectivity index (χ1n) is 6.29. The number of carbonyl (C=O) groups is 1. The van der Waals surface area contributed by atoms with Crippen molar-refractivity contribution in [3.8, 4) is 0 Å². The van der Waals surface area contributed by atoms with Crippen LogP contribution in [0.4, 0.5) is 5.69 Å². The molecule has 98 valence electrons. The van der Waals surface area contributed by atoms with E-state index in [0.29, 0.717) is 0 Å². The van der Waals surface area contributed by atoms with Crippen molar-refractivity contribution in [3.63, 3.8) is 0 Å². The second kappa shape index (κ2) is 4.76. The fourth-order valence-electron chi connectivity index (χ4n) is 2.76. The van der Waals surface area contributed by atoms with Gasteiger partial charge in [-0.15, -0.1) is 0 Å². The minimum Gasteiger partial charge on any atom is -0.480 e. The number of carboxylic acids is 1. The van der Waals surface area contributed by atoms with Crippen molar-refractivity contribution in [3.05, 3.63) is 49.1 Å².